The predicted octanol–water partition coefficient (Wildman–Crippen LogP) is 1.28. The Morgan fingerprint density at radius 1 is 1.59 bits per heavy atom. The standard InChI is InChI=1S/C8H8BrF3N4O/c9-6-5-16(15-14-6)4-3-13-7(17)1-2-8(10,11)12/h1-2,5H,3-4H2,(H,13,17)/b2-1+. The topological polar surface area (TPSA) is 59.8 Å². The number of hydrogen-bond donors (Lipinski definition) is 1. The lowest BCUT2D eigenvalue weighted by molar-refractivity contribution is -0.117. The number of halogens is 4. The molecule has 17 heavy (non-hydrogen) atoms. The van der Waals surface area contributed by atoms with Crippen LogP contribution in [0.2, 0.25) is 0 Å². The van der Waals surface area contributed by atoms with Gasteiger partial charge in [-0.25, -0.2) is 4.68 Å². The Labute approximate surface area is 103 Å². The lowest BCUT2D eigenvalue weighted by atomic mass is 10.4. The van der Waals surface area contributed by atoms with Crippen molar-refractivity contribution in [1.29, 1.82) is 0 Å². The fraction of sp³-hybridized carbons (Fsp3) is 0.375. The number of nitrogens with zero attached hydrogens (tertiary/aromatic N) is 3. The maximum atomic E-state index is 11.7. The number of allylic oxidation sites excluding steroid dienone is 1. The maximum Gasteiger partial charge on any atom is 0.409 e. The molecule has 0 aliphatic heterocycles. The summed E-state index contributed by atoms with van der Waals surface area (Å²) >= 11 is 3.08. The van der Waals surface area contributed by atoms with Crippen LogP contribution in [0.25, 0.3) is 0 Å². The van der Waals surface area contributed by atoms with Crippen LogP contribution >= 0.6 is 15.9 Å². The molecule has 0 atom stereocenters. The molecule has 0 aliphatic rings. The molecule has 1 rings (SSSR count). The van der Waals surface area contributed by atoms with Crippen LogP contribution in [0.4, 0.5) is 13.2 Å². The molecular weight excluding hydrogens is 305 g/mol. The van der Waals surface area contributed by atoms with Gasteiger partial charge in [-0.3, -0.25) is 4.79 Å². The second-order valence-electron chi connectivity index (χ2n) is 2.97. The average Bonchev–Trinajstić information content (AvgIpc) is 2.60. The van der Waals surface area contributed by atoms with E-state index in [9.17, 15) is 18.0 Å². The zero-order valence-corrected chi connectivity index (χ0v) is 9.99. The van der Waals surface area contributed by atoms with Gasteiger partial charge in [0.25, 0.3) is 0 Å². The summed E-state index contributed by atoms with van der Waals surface area (Å²) in [4.78, 5) is 10.9. The summed E-state index contributed by atoms with van der Waals surface area (Å²) in [6.07, 6.45) is -2.57. The maximum absolute atomic E-state index is 11.7. The van der Waals surface area contributed by atoms with Gasteiger partial charge in [0.2, 0.25) is 5.91 Å². The molecule has 9 heteroatoms. The SMILES string of the molecule is O=C(/C=C/C(F)(F)F)NCCn1cc(Br)nn1. The van der Waals surface area contributed by atoms with Crippen LogP contribution in [0, 0.1) is 0 Å². The number of hydrogen-bond acceptors (Lipinski definition) is 3. The Kier molecular flexibility index (Phi) is 4.67. The van der Waals surface area contributed by atoms with Crippen LogP contribution in [0.15, 0.2) is 23.0 Å². The quantitative estimate of drug-likeness (QED) is 0.852. The first-order chi connectivity index (χ1) is 7.87. The molecule has 1 aromatic rings. The molecule has 1 aromatic heterocycles. The van der Waals surface area contributed by atoms with Crippen molar-refractivity contribution in [2.24, 2.45) is 0 Å². The highest BCUT2D eigenvalue weighted by Crippen LogP contribution is 2.15. The van der Waals surface area contributed by atoms with Gasteiger partial charge in [0.15, 0.2) is 0 Å². The monoisotopic (exact) mass is 312 g/mol. The summed E-state index contributed by atoms with van der Waals surface area (Å²) in [6, 6.07) is 0. The highest BCUT2D eigenvalue weighted by atomic mass is 79.9. The highest BCUT2D eigenvalue weighted by Gasteiger charge is 2.22. The van der Waals surface area contributed by atoms with Crippen molar-refractivity contribution >= 4 is 21.8 Å². The van der Waals surface area contributed by atoms with Crippen LogP contribution in [0.1, 0.15) is 0 Å². The second kappa shape index (κ2) is 5.80. The van der Waals surface area contributed by atoms with Crippen molar-refractivity contribution in [1.82, 2.24) is 20.3 Å². The van der Waals surface area contributed by atoms with Gasteiger partial charge in [0.1, 0.15) is 4.60 Å². The van der Waals surface area contributed by atoms with Crippen LogP contribution in [-0.4, -0.2) is 33.6 Å². The van der Waals surface area contributed by atoms with Crippen LogP contribution in [0.5, 0.6) is 0 Å². The van der Waals surface area contributed by atoms with E-state index in [4.69, 9.17) is 0 Å². The van der Waals surface area contributed by atoms with Crippen molar-refractivity contribution < 1.29 is 18.0 Å². The van der Waals surface area contributed by atoms with Crippen molar-refractivity contribution in [3.63, 3.8) is 0 Å². The number of carbonyl (C=O) groups excluding carboxylic acids is 1. The molecule has 1 heterocycles. The summed E-state index contributed by atoms with van der Waals surface area (Å²) < 4.78 is 37.1. The summed E-state index contributed by atoms with van der Waals surface area (Å²) in [5.41, 5.74) is 0. The fourth-order valence-corrected chi connectivity index (χ4v) is 1.21. The van der Waals surface area contributed by atoms with Gasteiger partial charge in [-0.1, -0.05) is 5.21 Å². The molecule has 0 aliphatic carbocycles. The normalized spacial score (nSPS) is 12.0. The molecule has 0 saturated carbocycles. The minimum Gasteiger partial charge on any atom is -0.351 e. The molecule has 0 unspecified atom stereocenters. The molecule has 0 saturated heterocycles. The average molecular weight is 313 g/mol. The highest BCUT2D eigenvalue weighted by molar-refractivity contribution is 9.10. The smallest absolute Gasteiger partial charge is 0.351 e. The Bertz CT molecular complexity index is 415. The number of nitrogens with one attached hydrogen (secondary N) is 1. The van der Waals surface area contributed by atoms with Crippen molar-refractivity contribution in [2.75, 3.05) is 6.54 Å². The fourth-order valence-electron chi connectivity index (χ4n) is 0.907. The van der Waals surface area contributed by atoms with Crippen LogP contribution in [-0.2, 0) is 11.3 Å². The summed E-state index contributed by atoms with van der Waals surface area (Å²) in [5.74, 6) is -0.804. The molecule has 5 nitrogen and oxygen atoms in total. The molecule has 1 N–H and O–H groups in total. The zero-order chi connectivity index (χ0) is 12.9. The zero-order valence-electron chi connectivity index (χ0n) is 8.41. The lowest BCUT2D eigenvalue weighted by Crippen LogP contribution is -2.26. The molecule has 0 aromatic carbocycles. The Balaban J connectivity index is 2.27. The summed E-state index contributed by atoms with van der Waals surface area (Å²) in [5, 5.41) is 9.59. The van der Waals surface area contributed by atoms with Crippen LogP contribution in [0.3, 0.4) is 0 Å². The van der Waals surface area contributed by atoms with Crippen molar-refractivity contribution in [2.45, 2.75) is 12.7 Å². The molecular formula is C8H8BrF3N4O. The molecule has 1 amide bonds. The first-order valence-corrected chi connectivity index (χ1v) is 5.25. The van der Waals surface area contributed by atoms with Gasteiger partial charge in [-0.05, 0) is 15.9 Å². The lowest BCUT2D eigenvalue weighted by Gasteiger charge is -2.02. The van der Waals surface area contributed by atoms with E-state index in [0.717, 1.165) is 0 Å². The molecule has 94 valence electrons. The molecule has 0 bridgehead atoms. The van der Waals surface area contributed by atoms with E-state index in [1.807, 2.05) is 0 Å². The van der Waals surface area contributed by atoms with Gasteiger partial charge < -0.3 is 5.32 Å². The number of carbonyl (C=O) groups is 1. The summed E-state index contributed by atoms with van der Waals surface area (Å²) in [7, 11) is 0. The molecule has 0 spiro atoms. The van der Waals surface area contributed by atoms with Crippen molar-refractivity contribution in [3.8, 4) is 0 Å². The van der Waals surface area contributed by atoms with E-state index in [0.29, 0.717) is 17.2 Å². The van der Waals surface area contributed by atoms with Crippen LogP contribution < -0.4 is 5.32 Å². The Hall–Kier alpha value is -1.38. The van der Waals surface area contributed by atoms with Gasteiger partial charge in [0.05, 0.1) is 12.7 Å². The van der Waals surface area contributed by atoms with Gasteiger partial charge in [-0.15, -0.1) is 5.10 Å². The minimum atomic E-state index is -4.48. The second-order valence-corrected chi connectivity index (χ2v) is 3.78. The first-order valence-electron chi connectivity index (χ1n) is 4.46. The van der Waals surface area contributed by atoms with E-state index in [1.54, 1.807) is 6.20 Å². The van der Waals surface area contributed by atoms with Gasteiger partial charge in [-0.2, -0.15) is 13.2 Å². The third-order valence-electron chi connectivity index (χ3n) is 1.57. The third-order valence-corrected chi connectivity index (χ3v) is 1.94. The first kappa shape index (κ1) is 13.7. The molecule has 0 radical (unpaired) electrons. The predicted molar refractivity (Wildman–Crippen MR) is 55.9 cm³/mol. The number of amides is 1. The van der Waals surface area contributed by atoms with E-state index in [-0.39, 0.29) is 12.6 Å². The summed E-state index contributed by atoms with van der Waals surface area (Å²) in [6.45, 7) is 0.487. The number of alkyl halides is 3. The van der Waals surface area contributed by atoms with Crippen molar-refractivity contribution in [3.05, 3.63) is 23.0 Å². The van der Waals surface area contributed by atoms with E-state index < -0.39 is 12.1 Å². The number of aromatic nitrogens is 3. The Morgan fingerprint density at radius 2 is 2.29 bits per heavy atom. The largest absolute Gasteiger partial charge is 0.409 e. The Morgan fingerprint density at radius 3 is 2.82 bits per heavy atom. The third kappa shape index (κ3) is 6.05. The van der Waals surface area contributed by atoms with E-state index in [1.165, 1.54) is 4.68 Å². The van der Waals surface area contributed by atoms with E-state index in [2.05, 4.69) is 31.6 Å². The van der Waals surface area contributed by atoms with Gasteiger partial charge >= 0.3 is 6.18 Å². The molecule has 0 fully saturated rings. The number of rotatable bonds is 4. The minimum absolute atomic E-state index is 0.117. The van der Waals surface area contributed by atoms with E-state index >= 15 is 0 Å². The van der Waals surface area contributed by atoms with Gasteiger partial charge in [0, 0.05) is 18.7 Å².